The van der Waals surface area contributed by atoms with Crippen molar-refractivity contribution in [3.05, 3.63) is 60.4 Å². The molecule has 3 heterocycles. The number of piperidine rings is 1. The second-order valence-corrected chi connectivity index (χ2v) is 7.60. The van der Waals surface area contributed by atoms with Gasteiger partial charge in [0.05, 0.1) is 17.4 Å². The molecule has 0 bridgehead atoms. The molecule has 0 aliphatic carbocycles. The minimum atomic E-state index is 0.0641. The first-order valence-corrected chi connectivity index (χ1v) is 10.0. The van der Waals surface area contributed by atoms with E-state index in [1.54, 1.807) is 6.08 Å². The number of carbonyl (C=O) groups excluding carboxylic acids is 1. The predicted octanol–water partition coefficient (Wildman–Crippen LogP) is 3.72. The number of hydrogen-bond donors (Lipinski definition) is 0. The molecule has 0 atom stereocenters. The van der Waals surface area contributed by atoms with E-state index in [2.05, 4.69) is 15.6 Å². The topological polar surface area (TPSA) is 56.6 Å². The third-order valence-corrected chi connectivity index (χ3v) is 5.72. The monoisotopic (exact) mass is 389 g/mol. The van der Waals surface area contributed by atoms with Gasteiger partial charge in [0.2, 0.25) is 12.7 Å². The largest absolute Gasteiger partial charge is 0.454 e. The molecule has 0 spiro atoms. The molecule has 1 aromatic heterocycles. The van der Waals surface area contributed by atoms with Crippen LogP contribution in [0.2, 0.25) is 0 Å². The molecule has 1 saturated heterocycles. The second kappa shape index (κ2) is 7.62. The van der Waals surface area contributed by atoms with Gasteiger partial charge in [-0.3, -0.25) is 4.79 Å². The van der Waals surface area contributed by atoms with Crippen LogP contribution >= 0.6 is 0 Å². The van der Waals surface area contributed by atoms with Gasteiger partial charge in [0.25, 0.3) is 0 Å². The average Bonchev–Trinajstić information content (AvgIpc) is 3.39. The molecule has 6 heteroatoms. The van der Waals surface area contributed by atoms with Crippen LogP contribution in [0.4, 0.5) is 0 Å². The number of ether oxygens (including phenoxy) is 2. The normalized spacial score (nSPS) is 16.8. The van der Waals surface area contributed by atoms with Gasteiger partial charge in [-0.25, -0.2) is 4.98 Å². The molecule has 148 valence electrons. The fourth-order valence-electron chi connectivity index (χ4n) is 4.06. The van der Waals surface area contributed by atoms with Crippen LogP contribution in [0.3, 0.4) is 0 Å². The summed E-state index contributed by atoms with van der Waals surface area (Å²) in [6.45, 7) is 2.80. The minimum Gasteiger partial charge on any atom is -0.454 e. The zero-order valence-corrected chi connectivity index (χ0v) is 16.2. The number of amides is 1. The molecule has 29 heavy (non-hydrogen) atoms. The summed E-state index contributed by atoms with van der Waals surface area (Å²) in [5, 5.41) is 0. The first-order chi connectivity index (χ1) is 14.3. The third-order valence-electron chi connectivity index (χ3n) is 5.72. The number of likely N-dealkylation sites (tertiary alicyclic amines) is 1. The number of hydrogen-bond acceptors (Lipinski definition) is 4. The predicted molar refractivity (Wildman–Crippen MR) is 111 cm³/mol. The summed E-state index contributed by atoms with van der Waals surface area (Å²) in [7, 11) is 0. The van der Waals surface area contributed by atoms with E-state index in [-0.39, 0.29) is 12.7 Å². The molecule has 0 saturated carbocycles. The van der Waals surface area contributed by atoms with Crippen LogP contribution in [-0.2, 0) is 11.3 Å². The molecule has 2 aromatic carbocycles. The fourth-order valence-corrected chi connectivity index (χ4v) is 4.06. The van der Waals surface area contributed by atoms with E-state index in [0.29, 0.717) is 5.92 Å². The maximum atomic E-state index is 12.6. The first-order valence-electron chi connectivity index (χ1n) is 10.0. The second-order valence-electron chi connectivity index (χ2n) is 7.60. The van der Waals surface area contributed by atoms with E-state index in [1.165, 1.54) is 5.52 Å². The maximum absolute atomic E-state index is 12.6. The fraction of sp³-hybridized carbons (Fsp3) is 0.304. The number of fused-ring (bicyclic) bond motifs is 2. The molecule has 2 aliphatic heterocycles. The van der Waals surface area contributed by atoms with Gasteiger partial charge in [-0.2, -0.15) is 0 Å². The van der Waals surface area contributed by atoms with Crippen LogP contribution in [-0.4, -0.2) is 40.2 Å². The van der Waals surface area contributed by atoms with Crippen molar-refractivity contribution in [3.8, 4) is 11.5 Å². The lowest BCUT2D eigenvalue weighted by molar-refractivity contribution is -0.127. The summed E-state index contributed by atoms with van der Waals surface area (Å²) in [5.74, 6) is 2.11. The Morgan fingerprint density at radius 2 is 1.93 bits per heavy atom. The standard InChI is InChI=1S/C23H23N3O3/c27-23(8-6-17-5-7-21-22(13-17)29-16-28-21)25-11-9-18(10-12-25)14-26-15-24-19-3-1-2-4-20(19)26/h1-8,13,15,18H,9-12,14,16H2/b8-6+. The highest BCUT2D eigenvalue weighted by atomic mass is 16.7. The molecular formula is C23H23N3O3. The van der Waals surface area contributed by atoms with Crippen molar-refractivity contribution in [1.29, 1.82) is 0 Å². The SMILES string of the molecule is O=C(/C=C/c1ccc2c(c1)OCO2)N1CCC(Cn2cnc3ccccc32)CC1. The van der Waals surface area contributed by atoms with Crippen molar-refractivity contribution in [2.75, 3.05) is 19.9 Å². The summed E-state index contributed by atoms with van der Waals surface area (Å²) in [4.78, 5) is 19.0. The Bertz CT molecular complexity index is 1060. The summed E-state index contributed by atoms with van der Waals surface area (Å²) in [6.07, 6.45) is 7.44. The van der Waals surface area contributed by atoms with E-state index < -0.39 is 0 Å². The molecule has 2 aliphatic rings. The summed E-state index contributed by atoms with van der Waals surface area (Å²) in [5.41, 5.74) is 3.15. The smallest absolute Gasteiger partial charge is 0.246 e. The first kappa shape index (κ1) is 17.8. The van der Waals surface area contributed by atoms with Gasteiger partial charge in [-0.1, -0.05) is 18.2 Å². The zero-order chi connectivity index (χ0) is 19.6. The molecule has 0 N–H and O–H groups in total. The Kier molecular flexibility index (Phi) is 4.68. The molecule has 6 nitrogen and oxygen atoms in total. The maximum Gasteiger partial charge on any atom is 0.246 e. The van der Waals surface area contributed by atoms with Crippen LogP contribution in [0, 0.1) is 5.92 Å². The average molecular weight is 389 g/mol. The van der Waals surface area contributed by atoms with Crippen molar-refractivity contribution < 1.29 is 14.3 Å². The van der Waals surface area contributed by atoms with Gasteiger partial charge in [-0.15, -0.1) is 0 Å². The number of carbonyl (C=O) groups is 1. The molecule has 0 radical (unpaired) electrons. The van der Waals surface area contributed by atoms with Crippen molar-refractivity contribution in [2.45, 2.75) is 19.4 Å². The highest BCUT2D eigenvalue weighted by Crippen LogP contribution is 2.32. The van der Waals surface area contributed by atoms with Gasteiger partial charge in [0.1, 0.15) is 0 Å². The Morgan fingerprint density at radius 1 is 1.10 bits per heavy atom. The highest BCUT2D eigenvalue weighted by Gasteiger charge is 2.22. The Hall–Kier alpha value is -3.28. The minimum absolute atomic E-state index is 0.0641. The molecule has 5 rings (SSSR count). The molecular weight excluding hydrogens is 366 g/mol. The van der Waals surface area contributed by atoms with Gasteiger partial charge in [-0.05, 0) is 54.7 Å². The molecule has 1 fully saturated rings. The van der Waals surface area contributed by atoms with E-state index >= 15 is 0 Å². The van der Waals surface area contributed by atoms with Gasteiger partial charge >= 0.3 is 0 Å². The zero-order valence-electron chi connectivity index (χ0n) is 16.2. The quantitative estimate of drug-likeness (QED) is 0.638. The summed E-state index contributed by atoms with van der Waals surface area (Å²) >= 11 is 0. The van der Waals surface area contributed by atoms with Crippen LogP contribution in [0.15, 0.2) is 54.9 Å². The Balaban J connectivity index is 1.16. The molecule has 1 amide bonds. The van der Waals surface area contributed by atoms with Crippen molar-refractivity contribution in [1.82, 2.24) is 14.5 Å². The van der Waals surface area contributed by atoms with Crippen LogP contribution < -0.4 is 9.47 Å². The lowest BCUT2D eigenvalue weighted by Crippen LogP contribution is -2.38. The van der Waals surface area contributed by atoms with Crippen molar-refractivity contribution in [3.63, 3.8) is 0 Å². The van der Waals surface area contributed by atoms with E-state index in [0.717, 1.165) is 55.1 Å². The van der Waals surface area contributed by atoms with E-state index in [4.69, 9.17) is 9.47 Å². The number of imidazole rings is 1. The number of nitrogens with zero attached hydrogens (tertiary/aromatic N) is 3. The van der Waals surface area contributed by atoms with Gasteiger partial charge in [0.15, 0.2) is 11.5 Å². The van der Waals surface area contributed by atoms with E-state index in [9.17, 15) is 4.79 Å². The lowest BCUT2D eigenvalue weighted by atomic mass is 9.96. The van der Waals surface area contributed by atoms with Crippen LogP contribution in [0.25, 0.3) is 17.1 Å². The Morgan fingerprint density at radius 3 is 2.83 bits per heavy atom. The van der Waals surface area contributed by atoms with Gasteiger partial charge < -0.3 is 18.9 Å². The van der Waals surface area contributed by atoms with Crippen molar-refractivity contribution >= 4 is 23.0 Å². The summed E-state index contributed by atoms with van der Waals surface area (Å²) in [6, 6.07) is 13.9. The number of para-hydroxylation sites is 2. The highest BCUT2D eigenvalue weighted by molar-refractivity contribution is 5.92. The van der Waals surface area contributed by atoms with Gasteiger partial charge in [0, 0.05) is 25.7 Å². The molecule has 0 unspecified atom stereocenters. The van der Waals surface area contributed by atoms with Crippen LogP contribution in [0.5, 0.6) is 11.5 Å². The van der Waals surface area contributed by atoms with Crippen LogP contribution in [0.1, 0.15) is 18.4 Å². The van der Waals surface area contributed by atoms with Crippen molar-refractivity contribution in [2.24, 2.45) is 5.92 Å². The number of aromatic nitrogens is 2. The Labute approximate surface area is 169 Å². The lowest BCUT2D eigenvalue weighted by Gasteiger charge is -2.31. The summed E-state index contributed by atoms with van der Waals surface area (Å²) < 4.78 is 12.9. The van der Waals surface area contributed by atoms with E-state index in [1.807, 2.05) is 53.7 Å². The number of benzene rings is 2. The molecule has 3 aromatic rings. The third kappa shape index (κ3) is 3.70. The number of rotatable bonds is 4.